The predicted molar refractivity (Wildman–Crippen MR) is 74.0 cm³/mol. The van der Waals surface area contributed by atoms with Gasteiger partial charge in [0.25, 0.3) is 0 Å². The predicted octanol–water partition coefficient (Wildman–Crippen LogP) is 3.02. The molecule has 100 valence electrons. The summed E-state index contributed by atoms with van der Waals surface area (Å²) in [5, 5.41) is 0. The minimum absolute atomic E-state index is 0.287. The van der Waals surface area contributed by atoms with Crippen molar-refractivity contribution in [3.05, 3.63) is 0 Å². The van der Waals surface area contributed by atoms with Crippen LogP contribution in [0.5, 0.6) is 0 Å². The molecule has 0 aromatic carbocycles. The maximum absolute atomic E-state index is 6.24. The van der Waals surface area contributed by atoms with Gasteiger partial charge >= 0.3 is 0 Å². The van der Waals surface area contributed by atoms with Crippen molar-refractivity contribution in [2.45, 2.75) is 64.8 Å². The van der Waals surface area contributed by atoms with Gasteiger partial charge in [-0.3, -0.25) is 4.90 Å². The Kier molecular flexibility index (Phi) is 3.84. The lowest BCUT2D eigenvalue weighted by Gasteiger charge is -2.55. The molecule has 2 unspecified atom stereocenters. The highest BCUT2D eigenvalue weighted by Gasteiger charge is 2.50. The van der Waals surface area contributed by atoms with E-state index in [2.05, 4.69) is 25.7 Å². The third-order valence-electron chi connectivity index (χ3n) is 5.71. The van der Waals surface area contributed by atoms with Crippen LogP contribution in [0.1, 0.15) is 59.3 Å². The van der Waals surface area contributed by atoms with Crippen molar-refractivity contribution in [3.8, 4) is 0 Å². The van der Waals surface area contributed by atoms with Crippen molar-refractivity contribution in [1.29, 1.82) is 0 Å². The Hall–Kier alpha value is -0.0800. The van der Waals surface area contributed by atoms with Crippen LogP contribution in [0, 0.1) is 11.3 Å². The lowest BCUT2D eigenvalue weighted by molar-refractivity contribution is -0.0325. The molecule has 2 aliphatic rings. The van der Waals surface area contributed by atoms with E-state index in [-0.39, 0.29) is 5.54 Å². The summed E-state index contributed by atoms with van der Waals surface area (Å²) in [6, 6.07) is 0. The molecule has 1 saturated carbocycles. The molecule has 17 heavy (non-hydrogen) atoms. The summed E-state index contributed by atoms with van der Waals surface area (Å²) in [5.41, 5.74) is 6.92. The van der Waals surface area contributed by atoms with Gasteiger partial charge in [-0.05, 0) is 37.1 Å². The lowest BCUT2D eigenvalue weighted by atomic mass is 9.62. The first kappa shape index (κ1) is 13.4. The van der Waals surface area contributed by atoms with Crippen molar-refractivity contribution < 1.29 is 0 Å². The SMILES string of the molecule is CCC1CCN(C2(CN)CCCCC2(C)C)C1. The second kappa shape index (κ2) is 4.89. The molecule has 1 saturated heterocycles. The van der Waals surface area contributed by atoms with Gasteiger partial charge in [-0.15, -0.1) is 0 Å². The van der Waals surface area contributed by atoms with Crippen molar-refractivity contribution >= 4 is 0 Å². The summed E-state index contributed by atoms with van der Waals surface area (Å²) in [4.78, 5) is 2.75. The number of likely N-dealkylation sites (tertiary alicyclic amines) is 1. The molecule has 0 aromatic rings. The molecule has 0 bridgehead atoms. The zero-order valence-corrected chi connectivity index (χ0v) is 12.0. The van der Waals surface area contributed by atoms with Crippen LogP contribution >= 0.6 is 0 Å². The van der Waals surface area contributed by atoms with E-state index in [1.807, 2.05) is 0 Å². The lowest BCUT2D eigenvalue weighted by Crippen LogP contribution is -2.63. The fourth-order valence-corrected chi connectivity index (χ4v) is 4.20. The summed E-state index contributed by atoms with van der Waals surface area (Å²) in [5.74, 6) is 0.913. The zero-order valence-electron chi connectivity index (χ0n) is 12.0. The van der Waals surface area contributed by atoms with Gasteiger partial charge < -0.3 is 5.73 Å². The van der Waals surface area contributed by atoms with E-state index in [1.54, 1.807) is 0 Å². The summed E-state index contributed by atoms with van der Waals surface area (Å²) >= 11 is 0. The van der Waals surface area contributed by atoms with E-state index in [9.17, 15) is 0 Å². The second-order valence-corrected chi connectivity index (χ2v) is 6.84. The largest absolute Gasteiger partial charge is 0.329 e. The zero-order chi connectivity index (χ0) is 12.5. The Bertz CT molecular complexity index is 262. The molecule has 2 fully saturated rings. The molecule has 1 aliphatic carbocycles. The summed E-state index contributed by atoms with van der Waals surface area (Å²) in [6.07, 6.45) is 8.13. The highest BCUT2D eigenvalue weighted by molar-refractivity contribution is 5.06. The van der Waals surface area contributed by atoms with Gasteiger partial charge in [0.05, 0.1) is 0 Å². The number of hydrogen-bond donors (Lipinski definition) is 1. The van der Waals surface area contributed by atoms with Crippen molar-refractivity contribution in [1.82, 2.24) is 4.90 Å². The average Bonchev–Trinajstić information content (AvgIpc) is 2.78. The number of rotatable bonds is 3. The standard InChI is InChI=1S/C15H30N2/c1-4-13-7-10-17(11-13)15(12-16)9-6-5-8-14(15,2)3/h13H,4-12,16H2,1-3H3. The number of hydrogen-bond acceptors (Lipinski definition) is 2. The molecule has 2 nitrogen and oxygen atoms in total. The molecular weight excluding hydrogens is 208 g/mol. The van der Waals surface area contributed by atoms with Crippen LogP contribution in [0.2, 0.25) is 0 Å². The van der Waals surface area contributed by atoms with Crippen LogP contribution in [0.25, 0.3) is 0 Å². The van der Waals surface area contributed by atoms with Gasteiger partial charge in [-0.1, -0.05) is 40.0 Å². The average molecular weight is 238 g/mol. The molecule has 2 heteroatoms. The highest BCUT2D eigenvalue weighted by atomic mass is 15.2. The Labute approximate surface area is 107 Å². The summed E-state index contributed by atoms with van der Waals surface area (Å²) < 4.78 is 0. The van der Waals surface area contributed by atoms with Gasteiger partial charge in [0.2, 0.25) is 0 Å². The Morgan fingerprint density at radius 3 is 2.47 bits per heavy atom. The van der Waals surface area contributed by atoms with Crippen LogP contribution < -0.4 is 5.73 Å². The highest BCUT2D eigenvalue weighted by Crippen LogP contribution is 2.48. The summed E-state index contributed by atoms with van der Waals surface area (Å²) in [7, 11) is 0. The van der Waals surface area contributed by atoms with Crippen molar-refractivity contribution in [2.24, 2.45) is 17.1 Å². The second-order valence-electron chi connectivity index (χ2n) is 6.84. The first-order valence-corrected chi connectivity index (χ1v) is 7.51. The van der Waals surface area contributed by atoms with Crippen LogP contribution in [0.3, 0.4) is 0 Å². The van der Waals surface area contributed by atoms with E-state index in [1.165, 1.54) is 51.6 Å². The third kappa shape index (κ3) is 2.15. The van der Waals surface area contributed by atoms with Gasteiger partial charge in [-0.25, -0.2) is 0 Å². The molecule has 1 heterocycles. The molecule has 0 amide bonds. The van der Waals surface area contributed by atoms with Gasteiger partial charge in [-0.2, -0.15) is 0 Å². The molecular formula is C15H30N2. The fraction of sp³-hybridized carbons (Fsp3) is 1.00. The molecule has 1 aliphatic heterocycles. The van der Waals surface area contributed by atoms with Crippen LogP contribution in [-0.4, -0.2) is 30.1 Å². The smallest absolute Gasteiger partial charge is 0.0382 e. The Morgan fingerprint density at radius 2 is 1.94 bits per heavy atom. The van der Waals surface area contributed by atoms with Crippen LogP contribution in [0.4, 0.5) is 0 Å². The topological polar surface area (TPSA) is 29.3 Å². The van der Waals surface area contributed by atoms with Crippen LogP contribution in [0.15, 0.2) is 0 Å². The first-order chi connectivity index (χ1) is 8.05. The number of nitrogens with zero attached hydrogens (tertiary/aromatic N) is 1. The van der Waals surface area contributed by atoms with E-state index in [4.69, 9.17) is 5.73 Å². The minimum Gasteiger partial charge on any atom is -0.329 e. The molecule has 2 N–H and O–H groups in total. The van der Waals surface area contributed by atoms with E-state index >= 15 is 0 Å². The van der Waals surface area contributed by atoms with Gasteiger partial charge in [0.1, 0.15) is 0 Å². The fourth-order valence-electron chi connectivity index (χ4n) is 4.20. The number of nitrogens with two attached hydrogens (primary N) is 1. The molecule has 2 rings (SSSR count). The molecule has 0 spiro atoms. The van der Waals surface area contributed by atoms with Crippen LogP contribution in [-0.2, 0) is 0 Å². The maximum Gasteiger partial charge on any atom is 0.0382 e. The molecule has 0 aromatic heterocycles. The monoisotopic (exact) mass is 238 g/mol. The Balaban J connectivity index is 2.18. The quantitative estimate of drug-likeness (QED) is 0.819. The first-order valence-electron chi connectivity index (χ1n) is 7.51. The van der Waals surface area contributed by atoms with Crippen molar-refractivity contribution in [2.75, 3.05) is 19.6 Å². The van der Waals surface area contributed by atoms with E-state index < -0.39 is 0 Å². The molecule has 2 atom stereocenters. The Morgan fingerprint density at radius 1 is 1.24 bits per heavy atom. The van der Waals surface area contributed by atoms with Gasteiger partial charge in [0, 0.05) is 18.6 Å². The van der Waals surface area contributed by atoms with Gasteiger partial charge in [0.15, 0.2) is 0 Å². The minimum atomic E-state index is 0.287. The maximum atomic E-state index is 6.24. The molecule has 0 radical (unpaired) electrons. The third-order valence-corrected chi connectivity index (χ3v) is 5.71. The summed E-state index contributed by atoms with van der Waals surface area (Å²) in [6.45, 7) is 10.6. The van der Waals surface area contributed by atoms with E-state index in [0.717, 1.165) is 12.5 Å². The van der Waals surface area contributed by atoms with Crippen molar-refractivity contribution in [3.63, 3.8) is 0 Å². The van der Waals surface area contributed by atoms with E-state index in [0.29, 0.717) is 5.41 Å². The normalized spacial score (nSPS) is 38.5.